The van der Waals surface area contributed by atoms with Crippen molar-refractivity contribution in [3.63, 3.8) is 0 Å². The average Bonchev–Trinajstić information content (AvgIpc) is 2.57. The first-order valence-corrected chi connectivity index (χ1v) is 5.16. The Morgan fingerprint density at radius 1 is 1.27 bits per heavy atom. The van der Waals surface area contributed by atoms with Crippen molar-refractivity contribution in [2.75, 3.05) is 7.11 Å². The van der Waals surface area contributed by atoms with Crippen molar-refractivity contribution in [2.24, 2.45) is 0 Å². The molecule has 5 nitrogen and oxygen atoms in total. The van der Waals surface area contributed by atoms with Crippen LogP contribution < -0.4 is 0 Å². The van der Waals surface area contributed by atoms with E-state index < -0.39 is 18.2 Å². The summed E-state index contributed by atoms with van der Waals surface area (Å²) >= 11 is 0. The molecule has 1 N–H and O–H groups in total. The lowest BCUT2D eigenvalue weighted by molar-refractivity contribution is -0.235. The van der Waals surface area contributed by atoms with Gasteiger partial charge in [0.2, 0.25) is 0 Å². The molecule has 2 heterocycles. The smallest absolute Gasteiger partial charge is 0.186 e. The first-order valence-electron chi connectivity index (χ1n) is 5.16. The number of hydrogen-bond donors (Lipinski definition) is 1. The molecule has 2 fully saturated rings. The summed E-state index contributed by atoms with van der Waals surface area (Å²) in [6.45, 7) is 5.36. The van der Waals surface area contributed by atoms with Crippen LogP contribution in [-0.2, 0) is 18.9 Å². The fourth-order valence-electron chi connectivity index (χ4n) is 2.17. The van der Waals surface area contributed by atoms with E-state index in [1.807, 2.05) is 13.8 Å². The highest BCUT2D eigenvalue weighted by molar-refractivity contribution is 4.96. The van der Waals surface area contributed by atoms with Gasteiger partial charge in [-0.3, -0.25) is 0 Å². The zero-order valence-electron chi connectivity index (χ0n) is 9.47. The Morgan fingerprint density at radius 3 is 2.40 bits per heavy atom. The summed E-state index contributed by atoms with van der Waals surface area (Å²) in [5, 5.41) is 9.57. The van der Waals surface area contributed by atoms with E-state index in [2.05, 4.69) is 0 Å². The lowest BCUT2D eigenvalue weighted by Crippen LogP contribution is -2.36. The van der Waals surface area contributed by atoms with Crippen LogP contribution in [0.25, 0.3) is 0 Å². The highest BCUT2D eigenvalue weighted by Gasteiger charge is 2.56. The highest BCUT2D eigenvalue weighted by Crippen LogP contribution is 2.39. The van der Waals surface area contributed by atoms with Crippen molar-refractivity contribution < 1.29 is 24.1 Å². The first kappa shape index (κ1) is 11.3. The summed E-state index contributed by atoms with van der Waals surface area (Å²) in [7, 11) is 1.56. The van der Waals surface area contributed by atoms with Crippen LogP contribution in [-0.4, -0.2) is 48.7 Å². The van der Waals surface area contributed by atoms with Gasteiger partial charge in [0.05, 0.1) is 6.10 Å². The Labute approximate surface area is 89.3 Å². The number of aliphatic hydroxyl groups is 1. The van der Waals surface area contributed by atoms with Gasteiger partial charge in [0.1, 0.15) is 18.3 Å². The largest absolute Gasteiger partial charge is 0.391 e. The van der Waals surface area contributed by atoms with Gasteiger partial charge < -0.3 is 24.1 Å². The molecular formula is C10H18O5. The van der Waals surface area contributed by atoms with Crippen LogP contribution in [0.4, 0.5) is 0 Å². The molecule has 0 aromatic carbocycles. The van der Waals surface area contributed by atoms with Crippen molar-refractivity contribution in [1.82, 2.24) is 0 Å². The fraction of sp³-hybridized carbons (Fsp3) is 1.00. The number of rotatable bonds is 2. The standard InChI is InChI=1S/C10H18O5/c1-5(11)6-7-8(9(12-4)13-6)15-10(2,3)14-7/h5-9,11H,1-4H3/t5-,6-,7+,8-,9+/m0/s1. The molecule has 2 aliphatic heterocycles. The minimum absolute atomic E-state index is 0.259. The summed E-state index contributed by atoms with van der Waals surface area (Å²) in [6.07, 6.45) is -1.97. The number of aliphatic hydroxyl groups excluding tert-OH is 1. The van der Waals surface area contributed by atoms with Gasteiger partial charge in [-0.15, -0.1) is 0 Å². The average molecular weight is 218 g/mol. The summed E-state index contributed by atoms with van der Waals surface area (Å²) in [4.78, 5) is 0. The predicted octanol–water partition coefficient (Wildman–Crippen LogP) is 0.259. The number of fused-ring (bicyclic) bond motifs is 1. The molecule has 2 saturated heterocycles. The molecule has 5 atom stereocenters. The van der Waals surface area contributed by atoms with Gasteiger partial charge in [-0.25, -0.2) is 0 Å². The van der Waals surface area contributed by atoms with E-state index in [1.165, 1.54) is 0 Å². The quantitative estimate of drug-likeness (QED) is 0.720. The van der Waals surface area contributed by atoms with Crippen molar-refractivity contribution in [3.8, 4) is 0 Å². The zero-order valence-corrected chi connectivity index (χ0v) is 9.47. The molecule has 88 valence electrons. The second kappa shape index (κ2) is 3.68. The van der Waals surface area contributed by atoms with Crippen molar-refractivity contribution >= 4 is 0 Å². The minimum atomic E-state index is -0.636. The van der Waals surface area contributed by atoms with Crippen LogP contribution in [0.1, 0.15) is 20.8 Å². The van der Waals surface area contributed by atoms with Gasteiger partial charge in [0.25, 0.3) is 0 Å². The summed E-state index contributed by atoms with van der Waals surface area (Å²) in [5.74, 6) is -0.636. The third kappa shape index (κ3) is 1.90. The van der Waals surface area contributed by atoms with Gasteiger partial charge >= 0.3 is 0 Å². The van der Waals surface area contributed by atoms with Crippen LogP contribution in [0, 0.1) is 0 Å². The van der Waals surface area contributed by atoms with Crippen molar-refractivity contribution in [1.29, 1.82) is 0 Å². The Morgan fingerprint density at radius 2 is 1.87 bits per heavy atom. The maximum Gasteiger partial charge on any atom is 0.186 e. The third-order valence-electron chi connectivity index (χ3n) is 2.75. The number of ether oxygens (including phenoxy) is 4. The molecule has 0 aromatic heterocycles. The molecule has 0 saturated carbocycles. The lowest BCUT2D eigenvalue weighted by atomic mass is 10.1. The second-order valence-electron chi connectivity index (χ2n) is 4.51. The van der Waals surface area contributed by atoms with Crippen molar-refractivity contribution in [2.45, 2.75) is 57.3 Å². The summed E-state index contributed by atoms with van der Waals surface area (Å²) < 4.78 is 22.0. The topological polar surface area (TPSA) is 57.2 Å². The second-order valence-corrected chi connectivity index (χ2v) is 4.51. The molecule has 15 heavy (non-hydrogen) atoms. The third-order valence-corrected chi connectivity index (χ3v) is 2.75. The lowest BCUT2D eigenvalue weighted by Gasteiger charge is -2.24. The predicted molar refractivity (Wildman–Crippen MR) is 51.2 cm³/mol. The number of methoxy groups -OCH3 is 1. The van der Waals surface area contributed by atoms with E-state index in [4.69, 9.17) is 18.9 Å². The SMILES string of the molecule is CO[C@@H]1O[C@@H]([C@H](C)O)[C@H]2OC(C)(C)O[C@H]12. The molecule has 5 heteroatoms. The molecule has 2 aliphatic rings. The van der Waals surface area contributed by atoms with E-state index in [-0.39, 0.29) is 18.3 Å². The maximum absolute atomic E-state index is 9.57. The van der Waals surface area contributed by atoms with E-state index in [0.29, 0.717) is 0 Å². The van der Waals surface area contributed by atoms with Gasteiger partial charge in [-0.1, -0.05) is 0 Å². The van der Waals surface area contributed by atoms with Gasteiger partial charge in [-0.05, 0) is 20.8 Å². The van der Waals surface area contributed by atoms with Crippen molar-refractivity contribution in [3.05, 3.63) is 0 Å². The molecule has 0 unspecified atom stereocenters. The van der Waals surface area contributed by atoms with E-state index in [9.17, 15) is 5.11 Å². The van der Waals surface area contributed by atoms with Crippen LogP contribution in [0.2, 0.25) is 0 Å². The van der Waals surface area contributed by atoms with Crippen LogP contribution in [0.15, 0.2) is 0 Å². The summed E-state index contributed by atoms with van der Waals surface area (Å²) in [6, 6.07) is 0. The molecule has 0 bridgehead atoms. The Bertz CT molecular complexity index is 240. The summed E-state index contributed by atoms with van der Waals surface area (Å²) in [5.41, 5.74) is 0. The van der Waals surface area contributed by atoms with Gasteiger partial charge in [0.15, 0.2) is 12.1 Å². The molecule has 0 amide bonds. The van der Waals surface area contributed by atoms with Gasteiger partial charge in [0, 0.05) is 7.11 Å². The van der Waals surface area contributed by atoms with E-state index >= 15 is 0 Å². The van der Waals surface area contributed by atoms with Crippen LogP contribution in [0.3, 0.4) is 0 Å². The molecular weight excluding hydrogens is 200 g/mol. The Hall–Kier alpha value is -0.200. The Kier molecular flexibility index (Phi) is 2.77. The molecule has 0 spiro atoms. The molecule has 0 aliphatic carbocycles. The van der Waals surface area contributed by atoms with Gasteiger partial charge in [-0.2, -0.15) is 0 Å². The number of hydrogen-bond acceptors (Lipinski definition) is 5. The highest BCUT2D eigenvalue weighted by atomic mass is 16.8. The Balaban J connectivity index is 2.15. The fourth-order valence-corrected chi connectivity index (χ4v) is 2.17. The monoisotopic (exact) mass is 218 g/mol. The maximum atomic E-state index is 9.57. The molecule has 0 radical (unpaired) electrons. The van der Waals surface area contributed by atoms with Crippen LogP contribution in [0.5, 0.6) is 0 Å². The normalized spacial score (nSPS) is 45.4. The molecule has 0 aromatic rings. The molecule has 2 rings (SSSR count). The van der Waals surface area contributed by atoms with Crippen LogP contribution >= 0.6 is 0 Å². The van der Waals surface area contributed by atoms with E-state index in [0.717, 1.165) is 0 Å². The first-order chi connectivity index (χ1) is 6.94. The zero-order chi connectivity index (χ0) is 11.2. The van der Waals surface area contributed by atoms with E-state index in [1.54, 1.807) is 14.0 Å². The minimum Gasteiger partial charge on any atom is -0.391 e.